The number of likely N-dealkylation sites (tertiary alicyclic amines) is 1. The van der Waals surface area contributed by atoms with Gasteiger partial charge in [-0.15, -0.1) is 0 Å². The van der Waals surface area contributed by atoms with Crippen LogP contribution in [0.25, 0.3) is 0 Å². The van der Waals surface area contributed by atoms with Crippen LogP contribution in [0.15, 0.2) is 29.5 Å². The molecule has 1 aromatic carbocycles. The van der Waals surface area contributed by atoms with Gasteiger partial charge in [0.25, 0.3) is 5.91 Å². The molecule has 0 saturated carbocycles. The van der Waals surface area contributed by atoms with E-state index in [0.717, 1.165) is 12.3 Å². The molecule has 0 bridgehead atoms. The van der Waals surface area contributed by atoms with Gasteiger partial charge in [0.15, 0.2) is 11.5 Å². The first-order valence-electron chi connectivity index (χ1n) is 11.1. The van der Waals surface area contributed by atoms with E-state index in [4.69, 9.17) is 0 Å². The molecule has 35 heavy (non-hydrogen) atoms. The molecule has 3 aliphatic heterocycles. The zero-order valence-corrected chi connectivity index (χ0v) is 18.5. The SMILES string of the molecule is O=C(c1nc(N2CCN(C(=O)N3N=CCC3c3cc(F)cc(F)c3)CC2)ncc1F)N1CC(O)C1. The molecule has 1 atom stereocenters. The van der Waals surface area contributed by atoms with Crippen molar-refractivity contribution in [1.82, 2.24) is 24.8 Å². The van der Waals surface area contributed by atoms with Crippen LogP contribution in [-0.2, 0) is 0 Å². The summed E-state index contributed by atoms with van der Waals surface area (Å²) in [5.41, 5.74) is -0.0457. The molecule has 2 fully saturated rings. The molecule has 0 spiro atoms. The Labute approximate surface area is 198 Å². The number of aliphatic hydroxyl groups excluding tert-OH is 1. The summed E-state index contributed by atoms with van der Waals surface area (Å²) >= 11 is 0. The number of carbonyl (C=O) groups excluding carboxylic acids is 2. The first-order chi connectivity index (χ1) is 16.8. The molecule has 13 heteroatoms. The van der Waals surface area contributed by atoms with Crippen molar-refractivity contribution in [3.63, 3.8) is 0 Å². The smallest absolute Gasteiger partial charge is 0.341 e. The Morgan fingerprint density at radius 1 is 0.971 bits per heavy atom. The minimum absolute atomic E-state index is 0.126. The monoisotopic (exact) mass is 489 g/mol. The summed E-state index contributed by atoms with van der Waals surface area (Å²) in [5, 5.41) is 14.7. The third-order valence-electron chi connectivity index (χ3n) is 6.21. The van der Waals surface area contributed by atoms with E-state index in [1.165, 1.54) is 28.3 Å². The zero-order valence-electron chi connectivity index (χ0n) is 18.5. The van der Waals surface area contributed by atoms with Gasteiger partial charge in [-0.05, 0) is 17.7 Å². The Morgan fingerprint density at radius 2 is 1.66 bits per heavy atom. The minimum atomic E-state index is -0.847. The predicted molar refractivity (Wildman–Crippen MR) is 117 cm³/mol. The number of hydrogen-bond acceptors (Lipinski definition) is 7. The van der Waals surface area contributed by atoms with E-state index in [9.17, 15) is 27.9 Å². The molecule has 1 unspecified atom stereocenters. The number of amides is 3. The van der Waals surface area contributed by atoms with Crippen molar-refractivity contribution >= 4 is 24.1 Å². The van der Waals surface area contributed by atoms with Crippen LogP contribution >= 0.6 is 0 Å². The highest BCUT2D eigenvalue weighted by molar-refractivity contribution is 5.93. The molecule has 5 rings (SSSR count). The Bertz CT molecular complexity index is 1160. The number of nitrogens with zero attached hydrogens (tertiary/aromatic N) is 7. The van der Waals surface area contributed by atoms with E-state index in [0.29, 0.717) is 25.1 Å². The van der Waals surface area contributed by atoms with E-state index in [-0.39, 0.29) is 37.8 Å². The lowest BCUT2D eigenvalue weighted by Crippen LogP contribution is -2.54. The number of benzene rings is 1. The lowest BCUT2D eigenvalue weighted by Gasteiger charge is -2.37. The molecule has 4 heterocycles. The van der Waals surface area contributed by atoms with Gasteiger partial charge in [-0.1, -0.05) is 0 Å². The Morgan fingerprint density at radius 3 is 2.31 bits per heavy atom. The molecule has 0 aliphatic carbocycles. The van der Waals surface area contributed by atoms with Crippen molar-refractivity contribution < 1.29 is 27.9 Å². The van der Waals surface area contributed by atoms with Crippen molar-refractivity contribution in [3.8, 4) is 0 Å². The number of hydrazone groups is 1. The second-order valence-corrected chi connectivity index (χ2v) is 8.58. The summed E-state index contributed by atoms with van der Waals surface area (Å²) in [6, 6.07) is 2.13. The van der Waals surface area contributed by atoms with E-state index in [1.54, 1.807) is 9.80 Å². The lowest BCUT2D eigenvalue weighted by atomic mass is 10.0. The third kappa shape index (κ3) is 4.50. The molecule has 3 aliphatic rings. The molecule has 1 aromatic heterocycles. The second kappa shape index (κ2) is 9.13. The number of aromatic nitrogens is 2. The van der Waals surface area contributed by atoms with Gasteiger partial charge in [0.1, 0.15) is 11.6 Å². The Kier molecular flexibility index (Phi) is 6.01. The van der Waals surface area contributed by atoms with E-state index in [1.807, 2.05) is 0 Å². The first kappa shape index (κ1) is 23.0. The molecule has 2 saturated heterocycles. The zero-order chi connectivity index (χ0) is 24.7. The summed E-state index contributed by atoms with van der Waals surface area (Å²) in [6.07, 6.45) is 2.19. The molecule has 0 radical (unpaired) electrons. The van der Waals surface area contributed by atoms with Gasteiger partial charge in [-0.25, -0.2) is 32.9 Å². The van der Waals surface area contributed by atoms with Gasteiger partial charge >= 0.3 is 6.03 Å². The van der Waals surface area contributed by atoms with Gasteiger partial charge in [-0.3, -0.25) is 4.79 Å². The molecular weight excluding hydrogens is 467 g/mol. The van der Waals surface area contributed by atoms with Gasteiger partial charge < -0.3 is 19.8 Å². The number of anilines is 1. The number of hydrogen-bond donors (Lipinski definition) is 1. The summed E-state index contributed by atoms with van der Waals surface area (Å²) in [5.74, 6) is -2.75. The van der Waals surface area contributed by atoms with Crippen LogP contribution in [0.3, 0.4) is 0 Å². The molecule has 3 amide bonds. The number of halogens is 3. The predicted octanol–water partition coefficient (Wildman–Crippen LogP) is 1.39. The summed E-state index contributed by atoms with van der Waals surface area (Å²) in [4.78, 5) is 38.2. The highest BCUT2D eigenvalue weighted by Gasteiger charge is 2.35. The van der Waals surface area contributed by atoms with Gasteiger partial charge in [0.2, 0.25) is 5.95 Å². The van der Waals surface area contributed by atoms with Crippen molar-refractivity contribution in [2.75, 3.05) is 44.2 Å². The minimum Gasteiger partial charge on any atom is -0.389 e. The summed E-state index contributed by atoms with van der Waals surface area (Å²) < 4.78 is 41.6. The van der Waals surface area contributed by atoms with Crippen molar-refractivity contribution in [2.24, 2.45) is 5.10 Å². The number of rotatable bonds is 3. The second-order valence-electron chi connectivity index (χ2n) is 8.58. The van der Waals surface area contributed by atoms with Crippen molar-refractivity contribution in [3.05, 3.63) is 53.1 Å². The van der Waals surface area contributed by atoms with Crippen LogP contribution in [0.4, 0.5) is 23.9 Å². The molecule has 10 nitrogen and oxygen atoms in total. The normalized spacial score (nSPS) is 20.4. The standard InChI is InChI=1S/C22H22F3N7O3/c23-14-7-13(8-15(24)9-14)18-1-2-27-32(18)22(35)30-5-3-29(4-6-30)21-26-10-17(25)19(28-21)20(34)31-11-16(33)12-31/h2,7-10,16,18,33H,1,3-6,11-12H2. The topological polar surface area (TPSA) is 105 Å². The van der Waals surface area contributed by atoms with Gasteiger partial charge in [0, 0.05) is 58.0 Å². The number of urea groups is 1. The van der Waals surface area contributed by atoms with Gasteiger partial charge in [0.05, 0.1) is 18.3 Å². The maximum absolute atomic E-state index is 14.2. The fraction of sp³-hybridized carbons (Fsp3) is 0.409. The van der Waals surface area contributed by atoms with Crippen LogP contribution in [0.2, 0.25) is 0 Å². The average molecular weight is 489 g/mol. The Hall–Kier alpha value is -3.74. The molecular formula is C22H22F3N7O3. The maximum Gasteiger partial charge on any atom is 0.341 e. The van der Waals surface area contributed by atoms with Gasteiger partial charge in [-0.2, -0.15) is 5.10 Å². The number of piperazine rings is 1. The average Bonchev–Trinajstić information content (AvgIpc) is 3.31. The highest BCUT2D eigenvalue weighted by Crippen LogP contribution is 2.30. The number of aliphatic hydroxyl groups is 1. The van der Waals surface area contributed by atoms with Crippen LogP contribution in [-0.4, -0.2) is 93.4 Å². The molecule has 1 N–H and O–H groups in total. The summed E-state index contributed by atoms with van der Waals surface area (Å²) in [7, 11) is 0. The first-order valence-corrected chi connectivity index (χ1v) is 11.1. The van der Waals surface area contributed by atoms with Crippen molar-refractivity contribution in [2.45, 2.75) is 18.6 Å². The van der Waals surface area contributed by atoms with E-state index < -0.39 is 41.5 Å². The molecule has 2 aromatic rings. The Balaban J connectivity index is 1.24. The molecule has 184 valence electrons. The van der Waals surface area contributed by atoms with Crippen molar-refractivity contribution in [1.29, 1.82) is 0 Å². The quantitative estimate of drug-likeness (QED) is 0.699. The largest absolute Gasteiger partial charge is 0.389 e. The van der Waals surface area contributed by atoms with Crippen LogP contribution in [0.1, 0.15) is 28.5 Å². The lowest BCUT2D eigenvalue weighted by molar-refractivity contribution is 0.00515. The number of carbonyl (C=O) groups is 2. The van der Waals surface area contributed by atoms with Crippen LogP contribution in [0, 0.1) is 17.5 Å². The highest BCUT2D eigenvalue weighted by atomic mass is 19.1. The van der Waals surface area contributed by atoms with Crippen LogP contribution in [0.5, 0.6) is 0 Å². The maximum atomic E-state index is 14.2. The fourth-order valence-electron chi connectivity index (χ4n) is 4.32. The van der Waals surface area contributed by atoms with E-state index in [2.05, 4.69) is 15.1 Å². The summed E-state index contributed by atoms with van der Waals surface area (Å²) in [6.45, 7) is 1.45. The fourth-order valence-corrected chi connectivity index (χ4v) is 4.32. The van der Waals surface area contributed by atoms with Crippen LogP contribution < -0.4 is 4.90 Å². The number of β-amino-alcohol motifs (C(OH)–C–C–N with tert-alkyl or cyclic N) is 1. The third-order valence-corrected chi connectivity index (χ3v) is 6.21. The van der Waals surface area contributed by atoms with E-state index >= 15 is 0 Å².